The first kappa shape index (κ1) is 19.2. The van der Waals surface area contributed by atoms with E-state index in [9.17, 15) is 14.7 Å². The molecule has 4 N–H and O–H groups in total. The quantitative estimate of drug-likeness (QED) is 0.547. The van der Waals surface area contributed by atoms with E-state index in [1.165, 1.54) is 4.68 Å². The number of hydrogen-bond donors (Lipinski definition) is 3. The minimum Gasteiger partial charge on any atom is -0.507 e. The highest BCUT2D eigenvalue weighted by atomic mass is 35.5. The molecular weight excluding hydrogens is 417 g/mol. The fraction of sp³-hybridized carbons (Fsp3) is 0.100. The van der Waals surface area contributed by atoms with Gasteiger partial charge in [-0.1, -0.05) is 53.5 Å². The number of aliphatic hydroxyl groups is 1. The maximum absolute atomic E-state index is 13.1. The third kappa shape index (κ3) is 3.18. The Balaban J connectivity index is 1.93. The zero-order chi connectivity index (χ0) is 20.7. The maximum atomic E-state index is 13.1. The monoisotopic (exact) mass is 431 g/mol. The number of carbonyl (C=O) groups excluding carboxylic acids is 1. The van der Waals surface area contributed by atoms with Crippen molar-refractivity contribution in [1.82, 2.24) is 9.78 Å². The number of ether oxygens (including phenoxy) is 1. The molecule has 1 unspecified atom stereocenters. The van der Waals surface area contributed by atoms with E-state index in [0.29, 0.717) is 17.0 Å². The van der Waals surface area contributed by atoms with Crippen molar-refractivity contribution in [2.75, 3.05) is 5.73 Å². The number of carbonyl (C=O) groups is 1. The number of halogens is 2. The third-order valence-corrected chi connectivity index (χ3v) is 5.00. The van der Waals surface area contributed by atoms with Crippen LogP contribution < -0.4 is 16.0 Å². The van der Waals surface area contributed by atoms with Crippen LogP contribution >= 0.6 is 23.2 Å². The molecule has 0 spiro atoms. The van der Waals surface area contributed by atoms with Crippen LogP contribution in [0, 0.1) is 0 Å². The summed E-state index contributed by atoms with van der Waals surface area (Å²) in [5, 5.41) is 13.6. The Morgan fingerprint density at radius 3 is 2.48 bits per heavy atom. The number of para-hydroxylation sites is 2. The molecule has 1 aromatic heterocycles. The molecule has 0 saturated heterocycles. The van der Waals surface area contributed by atoms with Crippen molar-refractivity contribution in [2.24, 2.45) is 0 Å². The molecule has 9 heteroatoms. The molecule has 1 aliphatic rings. The largest absolute Gasteiger partial charge is 0.507 e. The molecule has 1 atom stereocenters. The van der Waals surface area contributed by atoms with Crippen molar-refractivity contribution in [3.8, 4) is 11.4 Å². The number of benzene rings is 2. The number of aliphatic hydroxyl groups excluding tert-OH is 1. The number of ketones is 1. The lowest BCUT2D eigenvalue weighted by atomic mass is 9.93. The number of hydrogen-bond acceptors (Lipinski definition) is 5. The lowest BCUT2D eigenvalue weighted by Crippen LogP contribution is -2.30. The topological polar surface area (TPSA) is 110 Å². The molecule has 0 aliphatic carbocycles. The highest BCUT2D eigenvalue weighted by Gasteiger charge is 2.39. The van der Waals surface area contributed by atoms with E-state index in [1.807, 2.05) is 6.07 Å². The van der Waals surface area contributed by atoms with E-state index in [0.717, 1.165) is 0 Å². The van der Waals surface area contributed by atoms with Gasteiger partial charge < -0.3 is 15.6 Å². The van der Waals surface area contributed by atoms with Gasteiger partial charge in [-0.25, -0.2) is 4.68 Å². The molecule has 0 bridgehead atoms. The Kier molecular flexibility index (Phi) is 4.86. The summed E-state index contributed by atoms with van der Waals surface area (Å²) in [7, 11) is 0. The summed E-state index contributed by atoms with van der Waals surface area (Å²) < 4.78 is 7.14. The van der Waals surface area contributed by atoms with Crippen molar-refractivity contribution in [3.05, 3.63) is 81.7 Å². The smallest absolute Gasteiger partial charge is 0.280 e. The van der Waals surface area contributed by atoms with Gasteiger partial charge in [0, 0.05) is 0 Å². The van der Waals surface area contributed by atoms with E-state index in [-0.39, 0.29) is 22.7 Å². The Hall–Kier alpha value is -3.16. The van der Waals surface area contributed by atoms with Gasteiger partial charge in [-0.05, 0) is 24.3 Å². The number of nitrogens with two attached hydrogens (primary N) is 1. The van der Waals surface area contributed by atoms with Gasteiger partial charge in [0.05, 0.1) is 16.8 Å². The third-order valence-electron chi connectivity index (χ3n) is 4.60. The molecule has 3 aromatic rings. The second-order valence-corrected chi connectivity index (χ2v) is 7.43. The van der Waals surface area contributed by atoms with Crippen LogP contribution in [-0.4, -0.2) is 25.5 Å². The highest BCUT2D eigenvalue weighted by Crippen LogP contribution is 2.42. The predicted octanol–water partition coefficient (Wildman–Crippen LogP) is 3.52. The number of aromatic nitrogens is 2. The molecule has 0 radical (unpaired) electrons. The Morgan fingerprint density at radius 2 is 1.79 bits per heavy atom. The minimum absolute atomic E-state index is 0.0120. The SMILES string of the molecule is Nc1[nH]n(-c2ccccc2)c(=O)c1C1Oc2ccccc2C(O)=C1C(=O)C(Cl)Cl. The van der Waals surface area contributed by atoms with E-state index in [1.54, 1.807) is 48.5 Å². The van der Waals surface area contributed by atoms with Crippen LogP contribution in [0.3, 0.4) is 0 Å². The molecular formula is C20H15Cl2N3O4. The summed E-state index contributed by atoms with van der Waals surface area (Å²) >= 11 is 11.6. The molecule has 29 heavy (non-hydrogen) atoms. The van der Waals surface area contributed by atoms with Crippen LogP contribution in [0.25, 0.3) is 11.4 Å². The van der Waals surface area contributed by atoms with Gasteiger partial charge in [0.1, 0.15) is 22.9 Å². The minimum atomic E-state index is -1.46. The van der Waals surface area contributed by atoms with Gasteiger partial charge in [0.2, 0.25) is 0 Å². The number of nitrogens with one attached hydrogen (secondary N) is 1. The Labute approximate surface area is 174 Å². The lowest BCUT2D eigenvalue weighted by Gasteiger charge is -2.27. The fourth-order valence-electron chi connectivity index (χ4n) is 3.27. The molecule has 0 amide bonds. The average molecular weight is 432 g/mol. The van der Waals surface area contributed by atoms with Gasteiger partial charge in [-0.3, -0.25) is 14.7 Å². The number of nitrogen functional groups attached to an aromatic ring is 1. The van der Waals surface area contributed by atoms with E-state index in [4.69, 9.17) is 33.7 Å². The summed E-state index contributed by atoms with van der Waals surface area (Å²) in [5.74, 6) is -0.864. The van der Waals surface area contributed by atoms with Gasteiger partial charge in [-0.15, -0.1) is 0 Å². The summed E-state index contributed by atoms with van der Waals surface area (Å²) in [4.78, 5) is 24.4. The fourth-order valence-corrected chi connectivity index (χ4v) is 3.50. The lowest BCUT2D eigenvalue weighted by molar-refractivity contribution is -0.115. The number of anilines is 1. The van der Waals surface area contributed by atoms with Crippen molar-refractivity contribution in [1.29, 1.82) is 0 Å². The first-order valence-corrected chi connectivity index (χ1v) is 9.44. The second kappa shape index (κ2) is 7.35. The summed E-state index contributed by atoms with van der Waals surface area (Å²) in [6, 6.07) is 15.3. The van der Waals surface area contributed by atoms with Gasteiger partial charge in [0.15, 0.2) is 16.7 Å². The molecule has 1 aliphatic heterocycles. The average Bonchev–Trinajstić information content (AvgIpc) is 3.02. The van der Waals surface area contributed by atoms with Crippen molar-refractivity contribution < 1.29 is 14.6 Å². The Bertz CT molecular complexity index is 1180. The number of alkyl halides is 2. The number of Topliss-reactive ketones (excluding diaryl/α,β-unsaturated/α-hetero) is 1. The second-order valence-electron chi connectivity index (χ2n) is 6.34. The highest BCUT2D eigenvalue weighted by molar-refractivity contribution is 6.55. The molecule has 4 rings (SSSR count). The van der Waals surface area contributed by atoms with Crippen molar-refractivity contribution >= 4 is 40.6 Å². The first-order valence-electron chi connectivity index (χ1n) is 8.57. The maximum Gasteiger partial charge on any atom is 0.280 e. The van der Waals surface area contributed by atoms with Crippen molar-refractivity contribution in [2.45, 2.75) is 10.9 Å². The number of nitrogens with zero attached hydrogens (tertiary/aromatic N) is 1. The van der Waals surface area contributed by atoms with Gasteiger partial charge in [-0.2, -0.15) is 0 Å². The van der Waals surface area contributed by atoms with Gasteiger partial charge in [0.25, 0.3) is 5.56 Å². The van der Waals surface area contributed by atoms with Crippen LogP contribution in [-0.2, 0) is 4.79 Å². The molecule has 0 fully saturated rings. The van der Waals surface area contributed by atoms with Crippen LogP contribution in [0.1, 0.15) is 17.2 Å². The van der Waals surface area contributed by atoms with Gasteiger partial charge >= 0.3 is 0 Å². The Morgan fingerprint density at radius 1 is 1.14 bits per heavy atom. The zero-order valence-corrected chi connectivity index (χ0v) is 16.3. The van der Waals surface area contributed by atoms with Crippen LogP contribution in [0.5, 0.6) is 5.75 Å². The van der Waals surface area contributed by atoms with Crippen LogP contribution in [0.2, 0.25) is 0 Å². The number of aromatic amines is 1. The van der Waals surface area contributed by atoms with Crippen LogP contribution in [0.4, 0.5) is 5.82 Å². The first-order chi connectivity index (χ1) is 13.9. The predicted molar refractivity (Wildman–Crippen MR) is 111 cm³/mol. The summed E-state index contributed by atoms with van der Waals surface area (Å²) in [6.45, 7) is 0. The normalized spacial score (nSPS) is 15.9. The molecule has 148 valence electrons. The summed E-state index contributed by atoms with van der Waals surface area (Å²) in [6.07, 6.45) is -1.29. The number of fused-ring (bicyclic) bond motifs is 1. The standard InChI is InChI=1S/C20H15Cl2N3O4/c21-18(22)16(27)13-15(26)11-8-4-5-9-12(11)29-17(13)14-19(23)24-25(20(14)28)10-6-2-1-3-7-10/h1-9,17-18,24,26H,23H2. The molecule has 7 nitrogen and oxygen atoms in total. The molecule has 0 saturated carbocycles. The molecule has 2 aromatic carbocycles. The van der Waals surface area contributed by atoms with E-state index >= 15 is 0 Å². The number of rotatable bonds is 4. The zero-order valence-electron chi connectivity index (χ0n) is 14.8. The van der Waals surface area contributed by atoms with E-state index in [2.05, 4.69) is 5.10 Å². The number of H-pyrrole nitrogens is 1. The summed E-state index contributed by atoms with van der Waals surface area (Å²) in [5.41, 5.74) is 6.11. The van der Waals surface area contributed by atoms with Crippen molar-refractivity contribution in [3.63, 3.8) is 0 Å². The molecule has 2 heterocycles. The van der Waals surface area contributed by atoms with Crippen LogP contribution in [0.15, 0.2) is 65.0 Å². The van der Waals surface area contributed by atoms with E-state index < -0.39 is 22.3 Å².